The number of hydrogen-bond acceptors (Lipinski definition) is 6. The standard InChI is InChI=1S/C14H20N2O5S/c1-9-7-16(10-3-4-10)8-11(9)15-22(18,19)13-6-5-12(21-13)14(17)20-2/h5-6,9-11,15H,3-4,7-8H2,1-2H3. The Morgan fingerprint density at radius 2 is 2.09 bits per heavy atom. The lowest BCUT2D eigenvalue weighted by atomic mass is 10.1. The van der Waals surface area contributed by atoms with Gasteiger partial charge in [-0.3, -0.25) is 4.90 Å². The second kappa shape index (κ2) is 5.68. The molecule has 1 aromatic rings. The number of furan rings is 1. The maximum absolute atomic E-state index is 12.4. The van der Waals surface area contributed by atoms with E-state index in [9.17, 15) is 13.2 Å². The van der Waals surface area contributed by atoms with Crippen molar-refractivity contribution in [1.29, 1.82) is 0 Å². The molecule has 0 spiro atoms. The van der Waals surface area contributed by atoms with E-state index < -0.39 is 16.0 Å². The van der Waals surface area contributed by atoms with Crippen LogP contribution in [0.15, 0.2) is 21.6 Å². The van der Waals surface area contributed by atoms with Gasteiger partial charge in [0.05, 0.1) is 7.11 Å². The first-order chi connectivity index (χ1) is 10.4. The Kier molecular flexibility index (Phi) is 4.00. The van der Waals surface area contributed by atoms with Crippen molar-refractivity contribution in [3.8, 4) is 0 Å². The number of rotatable bonds is 5. The van der Waals surface area contributed by atoms with Gasteiger partial charge < -0.3 is 9.15 Å². The summed E-state index contributed by atoms with van der Waals surface area (Å²) in [7, 11) is -2.57. The van der Waals surface area contributed by atoms with Gasteiger partial charge in [0.25, 0.3) is 10.0 Å². The molecule has 1 saturated carbocycles. The Hall–Kier alpha value is -1.38. The number of carbonyl (C=O) groups is 1. The van der Waals surface area contributed by atoms with Gasteiger partial charge in [-0.05, 0) is 30.9 Å². The van der Waals surface area contributed by atoms with Crippen LogP contribution in [0.25, 0.3) is 0 Å². The minimum absolute atomic E-state index is 0.123. The molecule has 1 saturated heterocycles. The fourth-order valence-corrected chi connectivity index (χ4v) is 4.10. The summed E-state index contributed by atoms with van der Waals surface area (Å²) in [6.45, 7) is 3.66. The smallest absolute Gasteiger partial charge is 0.374 e. The van der Waals surface area contributed by atoms with E-state index in [0.717, 1.165) is 13.1 Å². The van der Waals surface area contributed by atoms with Gasteiger partial charge in [0.15, 0.2) is 0 Å². The molecule has 0 amide bonds. The quantitative estimate of drug-likeness (QED) is 0.805. The number of likely N-dealkylation sites (tertiary alicyclic amines) is 1. The van der Waals surface area contributed by atoms with Crippen LogP contribution in [-0.4, -0.2) is 51.6 Å². The van der Waals surface area contributed by atoms with Crippen LogP contribution in [0, 0.1) is 5.92 Å². The molecule has 1 N–H and O–H groups in total. The molecule has 0 bridgehead atoms. The van der Waals surface area contributed by atoms with Crippen molar-refractivity contribution in [2.45, 2.75) is 36.9 Å². The highest BCUT2D eigenvalue weighted by Gasteiger charge is 2.40. The van der Waals surface area contributed by atoms with Gasteiger partial charge in [-0.2, -0.15) is 0 Å². The molecule has 7 nitrogen and oxygen atoms in total. The van der Waals surface area contributed by atoms with Crippen molar-refractivity contribution in [3.63, 3.8) is 0 Å². The summed E-state index contributed by atoms with van der Waals surface area (Å²) in [5.41, 5.74) is 0. The predicted octanol–water partition coefficient (Wildman–Crippen LogP) is 0.827. The summed E-state index contributed by atoms with van der Waals surface area (Å²) in [5.74, 6) is -0.581. The van der Waals surface area contributed by atoms with Gasteiger partial charge in [-0.15, -0.1) is 0 Å². The molecule has 2 aliphatic rings. The number of hydrogen-bond donors (Lipinski definition) is 1. The third kappa shape index (κ3) is 3.04. The predicted molar refractivity (Wildman–Crippen MR) is 77.9 cm³/mol. The number of sulfonamides is 1. The molecule has 3 rings (SSSR count). The molecule has 1 aromatic heterocycles. The number of nitrogens with one attached hydrogen (secondary N) is 1. The van der Waals surface area contributed by atoms with Crippen molar-refractivity contribution in [1.82, 2.24) is 9.62 Å². The average Bonchev–Trinajstić information content (AvgIpc) is 3.08. The minimum Gasteiger partial charge on any atom is -0.463 e. The maximum atomic E-state index is 12.4. The molecule has 2 unspecified atom stereocenters. The van der Waals surface area contributed by atoms with E-state index in [0.29, 0.717) is 6.04 Å². The summed E-state index contributed by atoms with van der Waals surface area (Å²) >= 11 is 0. The molecule has 2 fully saturated rings. The minimum atomic E-state index is -3.78. The van der Waals surface area contributed by atoms with E-state index in [2.05, 4.69) is 14.4 Å². The number of methoxy groups -OCH3 is 1. The van der Waals surface area contributed by atoms with Crippen LogP contribution in [-0.2, 0) is 14.8 Å². The van der Waals surface area contributed by atoms with Crippen molar-refractivity contribution >= 4 is 16.0 Å². The number of ether oxygens (including phenoxy) is 1. The molecule has 0 radical (unpaired) electrons. The first-order valence-electron chi connectivity index (χ1n) is 7.35. The molecule has 8 heteroatoms. The van der Waals surface area contributed by atoms with Gasteiger partial charge in [-0.25, -0.2) is 17.9 Å². The Balaban J connectivity index is 1.70. The third-order valence-electron chi connectivity index (χ3n) is 4.24. The summed E-state index contributed by atoms with van der Waals surface area (Å²) in [5, 5.41) is -0.259. The van der Waals surface area contributed by atoms with E-state index in [1.165, 1.54) is 32.1 Å². The van der Waals surface area contributed by atoms with Gasteiger partial charge in [0.2, 0.25) is 10.9 Å². The number of nitrogens with zero attached hydrogens (tertiary/aromatic N) is 1. The van der Waals surface area contributed by atoms with Crippen LogP contribution in [0.4, 0.5) is 0 Å². The molecule has 1 aliphatic heterocycles. The van der Waals surface area contributed by atoms with Gasteiger partial charge >= 0.3 is 5.97 Å². The largest absolute Gasteiger partial charge is 0.463 e. The molecule has 1 aliphatic carbocycles. The van der Waals surface area contributed by atoms with Crippen molar-refractivity contribution in [2.75, 3.05) is 20.2 Å². The average molecular weight is 328 g/mol. The van der Waals surface area contributed by atoms with E-state index in [4.69, 9.17) is 4.42 Å². The molecule has 122 valence electrons. The fourth-order valence-electron chi connectivity index (χ4n) is 2.83. The summed E-state index contributed by atoms with van der Waals surface area (Å²) in [6, 6.07) is 3.05. The third-order valence-corrected chi connectivity index (χ3v) is 5.61. The van der Waals surface area contributed by atoms with Crippen LogP contribution < -0.4 is 4.72 Å². The molecule has 2 heterocycles. The Morgan fingerprint density at radius 1 is 1.36 bits per heavy atom. The van der Waals surface area contributed by atoms with E-state index in [1.54, 1.807) is 0 Å². The first-order valence-corrected chi connectivity index (χ1v) is 8.83. The monoisotopic (exact) mass is 328 g/mol. The SMILES string of the molecule is COC(=O)c1ccc(S(=O)(=O)NC2CN(C3CC3)CC2C)o1. The summed E-state index contributed by atoms with van der Waals surface area (Å²) < 4.78 is 37.0. The Labute approximate surface area is 129 Å². The molecule has 2 atom stereocenters. The summed E-state index contributed by atoms with van der Waals surface area (Å²) in [6.07, 6.45) is 2.40. The van der Waals surface area contributed by atoms with Gasteiger partial charge in [-0.1, -0.05) is 6.92 Å². The van der Waals surface area contributed by atoms with Crippen LogP contribution in [0.1, 0.15) is 30.3 Å². The number of esters is 1. The topological polar surface area (TPSA) is 88.8 Å². The summed E-state index contributed by atoms with van der Waals surface area (Å²) in [4.78, 5) is 13.7. The Bertz CT molecular complexity index is 665. The molecular weight excluding hydrogens is 308 g/mol. The lowest BCUT2D eigenvalue weighted by Gasteiger charge is -2.16. The second-order valence-corrected chi connectivity index (χ2v) is 7.65. The normalized spacial score (nSPS) is 26.3. The van der Waals surface area contributed by atoms with Crippen molar-refractivity contribution in [3.05, 3.63) is 17.9 Å². The maximum Gasteiger partial charge on any atom is 0.374 e. The Morgan fingerprint density at radius 3 is 2.73 bits per heavy atom. The highest BCUT2D eigenvalue weighted by Crippen LogP contribution is 2.32. The number of carbonyl (C=O) groups excluding carboxylic acids is 1. The fraction of sp³-hybridized carbons (Fsp3) is 0.643. The zero-order valence-electron chi connectivity index (χ0n) is 12.6. The highest BCUT2D eigenvalue weighted by atomic mass is 32.2. The second-order valence-electron chi connectivity index (χ2n) is 6.00. The van der Waals surface area contributed by atoms with E-state index in [-0.39, 0.29) is 22.8 Å². The molecule has 0 aromatic carbocycles. The van der Waals surface area contributed by atoms with E-state index in [1.807, 2.05) is 6.92 Å². The zero-order chi connectivity index (χ0) is 15.9. The van der Waals surface area contributed by atoms with Crippen LogP contribution in [0.3, 0.4) is 0 Å². The van der Waals surface area contributed by atoms with Crippen LogP contribution in [0.5, 0.6) is 0 Å². The molecular formula is C14H20N2O5S. The van der Waals surface area contributed by atoms with E-state index >= 15 is 0 Å². The zero-order valence-corrected chi connectivity index (χ0v) is 13.4. The highest BCUT2D eigenvalue weighted by molar-refractivity contribution is 7.89. The molecule has 22 heavy (non-hydrogen) atoms. The lowest BCUT2D eigenvalue weighted by molar-refractivity contribution is 0.0559. The first kappa shape index (κ1) is 15.5. The lowest BCUT2D eigenvalue weighted by Crippen LogP contribution is -2.39. The van der Waals surface area contributed by atoms with Gasteiger partial charge in [0, 0.05) is 25.2 Å². The van der Waals surface area contributed by atoms with Crippen LogP contribution in [0.2, 0.25) is 0 Å². The van der Waals surface area contributed by atoms with Crippen molar-refractivity contribution < 1.29 is 22.4 Å². The van der Waals surface area contributed by atoms with Crippen LogP contribution >= 0.6 is 0 Å². The van der Waals surface area contributed by atoms with Crippen molar-refractivity contribution in [2.24, 2.45) is 5.92 Å². The van der Waals surface area contributed by atoms with Gasteiger partial charge in [0.1, 0.15) is 0 Å².